The number of carbonyl (C=O) groups excluding carboxylic acids is 1. The number of rotatable bonds is 7. The maximum atomic E-state index is 12.7. The summed E-state index contributed by atoms with van der Waals surface area (Å²) >= 11 is 5.69. The smallest absolute Gasteiger partial charge is 0.340 e. The molecule has 0 radical (unpaired) electrons. The highest BCUT2D eigenvalue weighted by Gasteiger charge is 2.28. The van der Waals surface area contributed by atoms with E-state index in [0.717, 1.165) is 13.3 Å². The topological polar surface area (TPSA) is 113 Å². The normalized spacial score (nSPS) is 10.9. The van der Waals surface area contributed by atoms with Gasteiger partial charge in [-0.3, -0.25) is 4.72 Å². The Morgan fingerprint density at radius 3 is 2.22 bits per heavy atom. The highest BCUT2D eigenvalue weighted by Crippen LogP contribution is 2.46. The first-order chi connectivity index (χ1) is 12.8. The number of benzene rings is 1. The van der Waals surface area contributed by atoms with E-state index in [1.807, 2.05) is 0 Å². The summed E-state index contributed by atoms with van der Waals surface area (Å²) in [5.41, 5.74) is -0.297. The van der Waals surface area contributed by atoms with Crippen LogP contribution in [-0.4, -0.2) is 47.8 Å². The average Bonchev–Trinajstić information content (AvgIpc) is 2.66. The van der Waals surface area contributed by atoms with E-state index >= 15 is 0 Å². The van der Waals surface area contributed by atoms with Gasteiger partial charge in [0.1, 0.15) is 15.7 Å². The number of methoxy groups -OCH3 is 4. The molecule has 1 aromatic heterocycles. The van der Waals surface area contributed by atoms with E-state index in [1.165, 1.54) is 39.5 Å². The monoisotopic (exact) mass is 416 g/mol. The Morgan fingerprint density at radius 2 is 1.74 bits per heavy atom. The zero-order valence-electron chi connectivity index (χ0n) is 14.9. The number of ether oxygens (including phenoxy) is 4. The lowest BCUT2D eigenvalue weighted by molar-refractivity contribution is 0.0601. The Hall–Kier alpha value is -2.72. The number of hydrogen-bond donors (Lipinski definition) is 1. The molecule has 0 unspecified atom stereocenters. The number of aromatic nitrogens is 1. The minimum atomic E-state index is -4.13. The highest BCUT2D eigenvalue weighted by molar-refractivity contribution is 7.92. The predicted octanol–water partition coefficient (Wildman–Crippen LogP) is 2.35. The molecule has 1 heterocycles. The first-order valence-electron chi connectivity index (χ1n) is 7.34. The van der Waals surface area contributed by atoms with E-state index in [1.54, 1.807) is 0 Å². The molecule has 0 aliphatic rings. The second-order valence-electron chi connectivity index (χ2n) is 4.98. The number of hydrogen-bond acceptors (Lipinski definition) is 8. The molecule has 0 aliphatic carbocycles. The molecular formula is C16H17ClN2O7S. The Kier molecular flexibility index (Phi) is 6.34. The third-order valence-electron chi connectivity index (χ3n) is 3.48. The molecule has 0 fully saturated rings. The molecular weight excluding hydrogens is 400 g/mol. The van der Waals surface area contributed by atoms with Gasteiger partial charge in [-0.15, -0.1) is 0 Å². The lowest BCUT2D eigenvalue weighted by Gasteiger charge is -2.19. The van der Waals surface area contributed by atoms with Gasteiger partial charge in [0.25, 0.3) is 10.0 Å². The Morgan fingerprint density at radius 1 is 1.07 bits per heavy atom. The van der Waals surface area contributed by atoms with Gasteiger partial charge in [0.15, 0.2) is 11.5 Å². The zero-order chi connectivity index (χ0) is 20.2. The van der Waals surface area contributed by atoms with Crippen LogP contribution in [0, 0.1) is 0 Å². The fourth-order valence-electron chi connectivity index (χ4n) is 2.24. The summed E-state index contributed by atoms with van der Waals surface area (Å²) in [5.74, 6) is -0.602. The first-order valence-corrected chi connectivity index (χ1v) is 9.20. The molecule has 146 valence electrons. The molecule has 0 spiro atoms. The SMILES string of the molecule is COC(=O)c1cc(OC)c(OC)c(OC)c1NS(=O)(=O)c1ccc(Cl)nc1. The number of carbonyl (C=O) groups is 1. The van der Waals surface area contributed by atoms with E-state index in [-0.39, 0.29) is 38.5 Å². The van der Waals surface area contributed by atoms with E-state index in [2.05, 4.69) is 9.71 Å². The summed E-state index contributed by atoms with van der Waals surface area (Å²) in [5, 5.41) is 0.132. The van der Waals surface area contributed by atoms with Crippen LogP contribution in [0.4, 0.5) is 5.69 Å². The Bertz CT molecular complexity index is 946. The molecule has 0 saturated heterocycles. The fourth-order valence-corrected chi connectivity index (χ4v) is 3.38. The van der Waals surface area contributed by atoms with Gasteiger partial charge < -0.3 is 18.9 Å². The van der Waals surface area contributed by atoms with Crippen molar-refractivity contribution in [3.63, 3.8) is 0 Å². The summed E-state index contributed by atoms with van der Waals surface area (Å²) in [4.78, 5) is 15.8. The van der Waals surface area contributed by atoms with Gasteiger partial charge >= 0.3 is 5.97 Å². The molecule has 11 heteroatoms. The molecule has 0 saturated carbocycles. The molecule has 0 aliphatic heterocycles. The van der Waals surface area contributed by atoms with Gasteiger partial charge in [0, 0.05) is 12.3 Å². The number of halogens is 1. The Balaban J connectivity index is 2.69. The summed E-state index contributed by atoms with van der Waals surface area (Å²) in [6.45, 7) is 0. The van der Waals surface area contributed by atoms with Crippen LogP contribution in [0.1, 0.15) is 10.4 Å². The van der Waals surface area contributed by atoms with Gasteiger partial charge in [-0.25, -0.2) is 18.2 Å². The number of anilines is 1. The van der Waals surface area contributed by atoms with Crippen molar-refractivity contribution in [3.05, 3.63) is 35.1 Å². The molecule has 2 rings (SSSR count). The first kappa shape index (κ1) is 20.6. The van der Waals surface area contributed by atoms with Crippen molar-refractivity contribution < 1.29 is 32.2 Å². The van der Waals surface area contributed by atoms with Crippen LogP contribution >= 0.6 is 11.6 Å². The van der Waals surface area contributed by atoms with Gasteiger partial charge in [-0.2, -0.15) is 0 Å². The molecule has 0 amide bonds. The van der Waals surface area contributed by atoms with Crippen LogP contribution in [0.15, 0.2) is 29.3 Å². The van der Waals surface area contributed by atoms with Crippen molar-refractivity contribution >= 4 is 33.3 Å². The van der Waals surface area contributed by atoms with Crippen LogP contribution < -0.4 is 18.9 Å². The summed E-state index contributed by atoms with van der Waals surface area (Å²) in [6.07, 6.45) is 1.08. The largest absolute Gasteiger partial charge is 0.493 e. The average molecular weight is 417 g/mol. The van der Waals surface area contributed by atoms with Crippen LogP contribution in [0.5, 0.6) is 17.2 Å². The maximum absolute atomic E-state index is 12.7. The number of sulfonamides is 1. The number of nitrogens with one attached hydrogen (secondary N) is 1. The van der Waals surface area contributed by atoms with Crippen LogP contribution in [0.3, 0.4) is 0 Å². The van der Waals surface area contributed by atoms with Crippen LogP contribution in [0.25, 0.3) is 0 Å². The third-order valence-corrected chi connectivity index (χ3v) is 5.04. The van der Waals surface area contributed by atoms with Crippen molar-refractivity contribution in [3.8, 4) is 17.2 Å². The number of nitrogens with zero attached hydrogens (tertiary/aromatic N) is 1. The molecule has 0 atom stereocenters. The van der Waals surface area contributed by atoms with Crippen molar-refractivity contribution in [2.45, 2.75) is 4.90 Å². The van der Waals surface area contributed by atoms with Gasteiger partial charge in [-0.05, 0) is 12.1 Å². The van der Waals surface area contributed by atoms with Crippen LogP contribution in [-0.2, 0) is 14.8 Å². The van der Waals surface area contributed by atoms with E-state index in [9.17, 15) is 13.2 Å². The minimum absolute atomic E-state index is 0.0530. The maximum Gasteiger partial charge on any atom is 0.340 e. The Labute approximate surface area is 161 Å². The zero-order valence-corrected chi connectivity index (χ0v) is 16.5. The van der Waals surface area contributed by atoms with Crippen molar-refractivity contribution in [1.29, 1.82) is 0 Å². The predicted molar refractivity (Wildman–Crippen MR) is 97.5 cm³/mol. The number of esters is 1. The second kappa shape index (κ2) is 8.31. The lowest BCUT2D eigenvalue weighted by atomic mass is 10.1. The van der Waals surface area contributed by atoms with Gasteiger partial charge in [0.05, 0.1) is 34.0 Å². The lowest BCUT2D eigenvalue weighted by Crippen LogP contribution is -2.18. The minimum Gasteiger partial charge on any atom is -0.493 e. The summed E-state index contributed by atoms with van der Waals surface area (Å²) in [6, 6.07) is 3.87. The number of pyridine rings is 1. The van der Waals surface area contributed by atoms with Crippen LogP contribution in [0.2, 0.25) is 5.15 Å². The molecule has 1 N–H and O–H groups in total. The molecule has 2 aromatic rings. The van der Waals surface area contributed by atoms with Gasteiger partial charge in [0.2, 0.25) is 5.75 Å². The van der Waals surface area contributed by atoms with E-state index in [0.29, 0.717) is 0 Å². The second-order valence-corrected chi connectivity index (χ2v) is 7.05. The standard InChI is InChI=1S/C16H17ClN2O7S/c1-23-11-7-10(16(20)26-4)13(15(25-3)14(11)24-2)19-27(21,22)9-5-6-12(17)18-8-9/h5-8,19H,1-4H3. The van der Waals surface area contributed by atoms with Crippen molar-refractivity contribution in [2.75, 3.05) is 33.2 Å². The van der Waals surface area contributed by atoms with E-state index < -0.39 is 16.0 Å². The summed E-state index contributed by atoms with van der Waals surface area (Å²) < 4.78 is 48.2. The highest BCUT2D eigenvalue weighted by atomic mass is 35.5. The third kappa shape index (κ3) is 4.17. The molecule has 9 nitrogen and oxygen atoms in total. The van der Waals surface area contributed by atoms with Crippen molar-refractivity contribution in [1.82, 2.24) is 4.98 Å². The fraction of sp³-hybridized carbons (Fsp3) is 0.250. The molecule has 1 aromatic carbocycles. The van der Waals surface area contributed by atoms with Crippen molar-refractivity contribution in [2.24, 2.45) is 0 Å². The summed E-state index contributed by atoms with van der Waals surface area (Å²) in [7, 11) is 1.03. The molecule has 27 heavy (non-hydrogen) atoms. The molecule has 0 bridgehead atoms. The van der Waals surface area contributed by atoms with Gasteiger partial charge in [-0.1, -0.05) is 11.6 Å². The van der Waals surface area contributed by atoms with E-state index in [4.69, 9.17) is 30.5 Å². The quantitative estimate of drug-likeness (QED) is 0.540.